The summed E-state index contributed by atoms with van der Waals surface area (Å²) in [6.07, 6.45) is 3.17. The minimum absolute atomic E-state index is 0.0777. The quantitative estimate of drug-likeness (QED) is 0.257. The molecule has 0 bridgehead atoms. The topological polar surface area (TPSA) is 129 Å². The number of rotatable bonds is 12. The third kappa shape index (κ3) is 7.52. The van der Waals surface area contributed by atoms with Crippen molar-refractivity contribution >= 4 is 23.6 Å². The van der Waals surface area contributed by atoms with E-state index in [1.165, 1.54) is 11.8 Å². The largest absolute Gasteiger partial charge is 0.413 e. The van der Waals surface area contributed by atoms with Crippen LogP contribution in [0.25, 0.3) is 0 Å². The lowest BCUT2D eigenvalue weighted by molar-refractivity contribution is -0.130. The lowest BCUT2D eigenvalue weighted by atomic mass is 9.80. The summed E-state index contributed by atoms with van der Waals surface area (Å²) >= 11 is 1.40. The van der Waals surface area contributed by atoms with E-state index in [4.69, 9.17) is 4.42 Å². The fourth-order valence-corrected chi connectivity index (χ4v) is 5.06. The first-order valence-electron chi connectivity index (χ1n) is 12.3. The summed E-state index contributed by atoms with van der Waals surface area (Å²) in [5.74, 6) is 0.472. The van der Waals surface area contributed by atoms with Crippen molar-refractivity contribution in [2.75, 3.05) is 19.3 Å². The van der Waals surface area contributed by atoms with E-state index < -0.39 is 17.7 Å². The summed E-state index contributed by atoms with van der Waals surface area (Å²) in [5.41, 5.74) is -0.512. The molecule has 0 radical (unpaired) electrons. The summed E-state index contributed by atoms with van der Waals surface area (Å²) in [6, 6.07) is 8.28. The first-order valence-corrected chi connectivity index (χ1v) is 13.3. The molecule has 9 nitrogen and oxygen atoms in total. The molecule has 0 saturated heterocycles. The van der Waals surface area contributed by atoms with E-state index >= 15 is 0 Å². The van der Waals surface area contributed by atoms with Gasteiger partial charge in [-0.05, 0) is 44.4 Å². The molecule has 1 aromatic carbocycles. The fourth-order valence-electron chi connectivity index (χ4n) is 4.34. The van der Waals surface area contributed by atoms with E-state index in [2.05, 4.69) is 26.1 Å². The Hall–Kier alpha value is -2.43. The van der Waals surface area contributed by atoms with Crippen molar-refractivity contribution in [3.05, 3.63) is 41.8 Å². The molecule has 35 heavy (non-hydrogen) atoms. The first kappa shape index (κ1) is 27.2. The Morgan fingerprint density at radius 2 is 1.86 bits per heavy atom. The van der Waals surface area contributed by atoms with Crippen LogP contribution in [0.1, 0.15) is 74.7 Å². The molecule has 0 aliphatic heterocycles. The second kappa shape index (κ2) is 13.0. The van der Waals surface area contributed by atoms with Gasteiger partial charge in [-0.15, -0.1) is 10.2 Å². The van der Waals surface area contributed by atoms with E-state index in [0.717, 1.165) is 31.6 Å². The zero-order chi connectivity index (χ0) is 25.3. The monoisotopic (exact) mass is 503 g/mol. The van der Waals surface area contributed by atoms with Crippen LogP contribution in [0.3, 0.4) is 0 Å². The van der Waals surface area contributed by atoms with Crippen molar-refractivity contribution in [1.82, 2.24) is 26.1 Å². The van der Waals surface area contributed by atoms with E-state index in [-0.39, 0.29) is 23.6 Å². The molecule has 4 N–H and O–H groups in total. The van der Waals surface area contributed by atoms with E-state index in [1.54, 1.807) is 24.3 Å². The first-order chi connectivity index (χ1) is 16.8. The lowest BCUT2D eigenvalue weighted by Gasteiger charge is -2.38. The fraction of sp³-hybridized carbons (Fsp3) is 0.600. The number of aromatic nitrogens is 2. The van der Waals surface area contributed by atoms with Gasteiger partial charge in [0.15, 0.2) is 6.10 Å². The predicted octanol–water partition coefficient (Wildman–Crippen LogP) is 3.08. The number of aliphatic hydroxyl groups excluding tert-OH is 1. The third-order valence-electron chi connectivity index (χ3n) is 6.21. The zero-order valence-corrected chi connectivity index (χ0v) is 21.6. The highest BCUT2D eigenvalue weighted by molar-refractivity contribution is 7.99. The van der Waals surface area contributed by atoms with Crippen molar-refractivity contribution < 1.29 is 19.1 Å². The maximum Gasteiger partial charge on any atom is 0.276 e. The van der Waals surface area contributed by atoms with Gasteiger partial charge in [0.1, 0.15) is 5.54 Å². The van der Waals surface area contributed by atoms with Crippen LogP contribution in [0.2, 0.25) is 0 Å². The third-order valence-corrected chi connectivity index (χ3v) is 7.03. The van der Waals surface area contributed by atoms with Gasteiger partial charge in [-0.25, -0.2) is 0 Å². The second-order valence-electron chi connectivity index (χ2n) is 9.48. The minimum atomic E-state index is -1.15. The van der Waals surface area contributed by atoms with Gasteiger partial charge in [-0.1, -0.05) is 63.1 Å². The molecule has 2 aromatic rings. The summed E-state index contributed by atoms with van der Waals surface area (Å²) in [5, 5.41) is 28.6. The Labute approximate surface area is 211 Å². The Morgan fingerprint density at radius 3 is 2.51 bits per heavy atom. The molecular weight excluding hydrogens is 466 g/mol. The SMILES string of the molecule is CNCCSc1nnc(C(O)C(CC(C)C)NC(=O)C2(NC(=O)c3ccccc3)CCCCC2)o1. The summed E-state index contributed by atoms with van der Waals surface area (Å²) in [4.78, 5) is 26.7. The number of amides is 2. The van der Waals surface area contributed by atoms with Gasteiger partial charge in [-0.3, -0.25) is 9.59 Å². The number of nitrogens with zero attached hydrogens (tertiary/aromatic N) is 2. The minimum Gasteiger partial charge on any atom is -0.413 e. The highest BCUT2D eigenvalue weighted by Gasteiger charge is 2.43. The van der Waals surface area contributed by atoms with Gasteiger partial charge in [0.25, 0.3) is 11.1 Å². The van der Waals surface area contributed by atoms with Crippen molar-refractivity contribution in [3.8, 4) is 0 Å². The number of hydrogen-bond donors (Lipinski definition) is 4. The average molecular weight is 504 g/mol. The maximum absolute atomic E-state index is 13.7. The second-order valence-corrected chi connectivity index (χ2v) is 10.5. The maximum atomic E-state index is 13.7. The van der Waals surface area contributed by atoms with Crippen LogP contribution in [-0.4, -0.2) is 58.0 Å². The van der Waals surface area contributed by atoms with Gasteiger partial charge < -0.3 is 25.5 Å². The number of hydrogen-bond acceptors (Lipinski definition) is 8. The smallest absolute Gasteiger partial charge is 0.276 e. The molecule has 0 spiro atoms. The Kier molecular flexibility index (Phi) is 10.1. The van der Waals surface area contributed by atoms with Crippen LogP contribution in [0, 0.1) is 5.92 Å². The van der Waals surface area contributed by atoms with Crippen molar-refractivity contribution in [2.24, 2.45) is 5.92 Å². The van der Waals surface area contributed by atoms with E-state index in [0.29, 0.717) is 30.0 Å². The van der Waals surface area contributed by atoms with Crippen LogP contribution in [0.4, 0.5) is 0 Å². The lowest BCUT2D eigenvalue weighted by Crippen LogP contribution is -2.61. The molecule has 192 valence electrons. The molecule has 1 heterocycles. The normalized spacial score (nSPS) is 17.1. The number of carbonyl (C=O) groups is 2. The molecule has 2 unspecified atom stereocenters. The molecule has 1 fully saturated rings. The highest BCUT2D eigenvalue weighted by Crippen LogP contribution is 2.31. The van der Waals surface area contributed by atoms with Crippen molar-refractivity contribution in [2.45, 2.75) is 75.3 Å². The summed E-state index contributed by atoms with van der Waals surface area (Å²) < 4.78 is 5.67. The molecule has 1 saturated carbocycles. The summed E-state index contributed by atoms with van der Waals surface area (Å²) in [6.45, 7) is 4.83. The molecule has 2 amide bonds. The van der Waals surface area contributed by atoms with Gasteiger partial charge >= 0.3 is 0 Å². The summed E-state index contributed by atoms with van der Waals surface area (Å²) in [7, 11) is 1.87. The molecule has 3 rings (SSSR count). The van der Waals surface area contributed by atoms with Crippen molar-refractivity contribution in [3.63, 3.8) is 0 Å². The molecule has 2 atom stereocenters. The van der Waals surface area contributed by atoms with Crippen LogP contribution >= 0.6 is 11.8 Å². The Balaban J connectivity index is 1.76. The number of nitrogens with one attached hydrogen (secondary N) is 3. The average Bonchev–Trinajstić information content (AvgIpc) is 3.33. The van der Waals surface area contributed by atoms with Gasteiger partial charge in [0.2, 0.25) is 11.8 Å². The molecule has 10 heteroatoms. The van der Waals surface area contributed by atoms with E-state index in [9.17, 15) is 14.7 Å². The van der Waals surface area contributed by atoms with Gasteiger partial charge in [0.05, 0.1) is 6.04 Å². The number of carbonyl (C=O) groups excluding carboxylic acids is 2. The van der Waals surface area contributed by atoms with Crippen LogP contribution < -0.4 is 16.0 Å². The molecule has 1 aliphatic rings. The molecule has 1 aromatic heterocycles. The zero-order valence-electron chi connectivity index (χ0n) is 20.8. The van der Waals surface area contributed by atoms with E-state index in [1.807, 2.05) is 27.0 Å². The van der Waals surface area contributed by atoms with Gasteiger partial charge in [-0.2, -0.15) is 0 Å². The van der Waals surface area contributed by atoms with Crippen molar-refractivity contribution in [1.29, 1.82) is 0 Å². The number of thioether (sulfide) groups is 1. The Bertz CT molecular complexity index is 946. The highest BCUT2D eigenvalue weighted by atomic mass is 32.2. The molecular formula is C25H37N5O4S. The molecule has 1 aliphatic carbocycles. The van der Waals surface area contributed by atoms with Gasteiger partial charge in [0, 0.05) is 17.9 Å². The standard InChI is InChI=1S/C25H37N5O4S/c1-17(2)16-19(20(31)22-29-30-24(34-22)35-15-14-26-3)27-23(33)25(12-8-5-9-13-25)28-21(32)18-10-6-4-7-11-18/h4,6-7,10-11,17,19-20,26,31H,5,8-9,12-16H2,1-3H3,(H,27,33)(H,28,32). The number of aliphatic hydroxyl groups is 1. The van der Waals surface area contributed by atoms with Crippen LogP contribution in [0.15, 0.2) is 40.0 Å². The number of benzene rings is 1. The Morgan fingerprint density at radius 1 is 1.14 bits per heavy atom. The predicted molar refractivity (Wildman–Crippen MR) is 135 cm³/mol. The van der Waals surface area contributed by atoms with Crippen LogP contribution in [-0.2, 0) is 4.79 Å². The van der Waals surface area contributed by atoms with Crippen LogP contribution in [0.5, 0.6) is 0 Å².